The topological polar surface area (TPSA) is 80.2 Å². The lowest BCUT2D eigenvalue weighted by molar-refractivity contribution is 0.0601. The third-order valence-electron chi connectivity index (χ3n) is 4.23. The predicted molar refractivity (Wildman–Crippen MR) is 98.0 cm³/mol. The van der Waals surface area contributed by atoms with Crippen LogP contribution in [0.3, 0.4) is 0 Å². The summed E-state index contributed by atoms with van der Waals surface area (Å²) in [6.07, 6.45) is 2.51. The van der Waals surface area contributed by atoms with Crippen molar-refractivity contribution in [2.24, 2.45) is 0 Å². The van der Waals surface area contributed by atoms with E-state index < -0.39 is 0 Å². The molecule has 0 radical (unpaired) electrons. The highest BCUT2D eigenvalue weighted by molar-refractivity contribution is 5.90. The predicted octanol–water partition coefficient (Wildman–Crippen LogP) is 3.10. The first-order valence-corrected chi connectivity index (χ1v) is 8.25. The molecule has 7 nitrogen and oxygen atoms in total. The number of benzene rings is 2. The third kappa shape index (κ3) is 3.06. The fourth-order valence-electron chi connectivity index (χ4n) is 3.00. The number of hydrogen-bond acceptors (Lipinski definition) is 7. The van der Waals surface area contributed by atoms with Crippen molar-refractivity contribution in [3.05, 3.63) is 65.9 Å². The number of esters is 1. The average molecular weight is 347 g/mol. The normalized spacial score (nSPS) is 12.6. The van der Waals surface area contributed by atoms with Gasteiger partial charge in [0, 0.05) is 17.9 Å². The first kappa shape index (κ1) is 16.0. The molecule has 1 N–H and O–H groups in total. The van der Waals surface area contributed by atoms with Crippen molar-refractivity contribution in [3.63, 3.8) is 0 Å². The molecular formula is C19H17N5O2. The lowest BCUT2D eigenvalue weighted by Gasteiger charge is -2.17. The van der Waals surface area contributed by atoms with Gasteiger partial charge in [-0.2, -0.15) is 10.1 Å². The summed E-state index contributed by atoms with van der Waals surface area (Å²) in [6.45, 7) is 0.822. The molecule has 0 fully saturated rings. The minimum Gasteiger partial charge on any atom is -0.465 e. The summed E-state index contributed by atoms with van der Waals surface area (Å²) >= 11 is 0. The Balaban J connectivity index is 1.59. The number of ether oxygens (including phenoxy) is 1. The number of carbonyl (C=O) groups excluding carboxylic acids is 1. The molecule has 0 atom stereocenters. The fourth-order valence-corrected chi connectivity index (χ4v) is 3.00. The number of methoxy groups -OCH3 is 1. The second kappa shape index (κ2) is 6.79. The van der Waals surface area contributed by atoms with Gasteiger partial charge in [-0.15, -0.1) is 5.10 Å². The van der Waals surface area contributed by atoms with Gasteiger partial charge in [0.2, 0.25) is 0 Å². The first-order valence-electron chi connectivity index (χ1n) is 8.25. The van der Waals surface area contributed by atoms with Crippen molar-refractivity contribution in [2.75, 3.05) is 23.9 Å². The molecule has 0 aliphatic carbocycles. The summed E-state index contributed by atoms with van der Waals surface area (Å²) < 4.78 is 4.75. The Bertz CT molecular complexity index is 960. The van der Waals surface area contributed by atoms with Crippen molar-refractivity contribution in [1.29, 1.82) is 0 Å². The quantitative estimate of drug-likeness (QED) is 0.726. The van der Waals surface area contributed by atoms with Crippen molar-refractivity contribution >= 4 is 29.1 Å². The van der Waals surface area contributed by atoms with Gasteiger partial charge in [-0.05, 0) is 36.2 Å². The lowest BCUT2D eigenvalue weighted by atomic mass is 10.2. The van der Waals surface area contributed by atoms with Crippen LogP contribution in [0.15, 0.2) is 54.7 Å². The Morgan fingerprint density at radius 3 is 2.96 bits per heavy atom. The van der Waals surface area contributed by atoms with E-state index in [0.29, 0.717) is 17.3 Å². The zero-order valence-corrected chi connectivity index (χ0v) is 14.2. The van der Waals surface area contributed by atoms with Crippen molar-refractivity contribution in [1.82, 2.24) is 15.2 Å². The smallest absolute Gasteiger partial charge is 0.337 e. The molecule has 0 spiro atoms. The second-order valence-electron chi connectivity index (χ2n) is 5.87. The number of carbonyl (C=O) groups is 1. The molecule has 7 heteroatoms. The number of nitrogens with one attached hydrogen (secondary N) is 1. The Hall–Kier alpha value is -3.48. The molecule has 1 aliphatic heterocycles. The average Bonchev–Trinajstić information content (AvgIpc) is 3.12. The highest BCUT2D eigenvalue weighted by Gasteiger charge is 2.22. The third-order valence-corrected chi connectivity index (χ3v) is 4.23. The molecule has 2 aromatic carbocycles. The van der Waals surface area contributed by atoms with E-state index in [1.807, 2.05) is 18.2 Å². The van der Waals surface area contributed by atoms with E-state index in [4.69, 9.17) is 4.74 Å². The van der Waals surface area contributed by atoms with Gasteiger partial charge in [0.25, 0.3) is 5.95 Å². The molecular weight excluding hydrogens is 330 g/mol. The van der Waals surface area contributed by atoms with Crippen molar-refractivity contribution in [2.45, 2.75) is 6.42 Å². The van der Waals surface area contributed by atoms with E-state index in [0.717, 1.165) is 24.3 Å². The number of fused-ring (bicyclic) bond motifs is 1. The first-order chi connectivity index (χ1) is 12.7. The largest absolute Gasteiger partial charge is 0.465 e. The molecule has 0 bridgehead atoms. The van der Waals surface area contributed by atoms with Crippen LogP contribution < -0.4 is 10.2 Å². The van der Waals surface area contributed by atoms with Gasteiger partial charge < -0.3 is 15.0 Å². The summed E-state index contributed by atoms with van der Waals surface area (Å²) in [6, 6.07) is 15.2. The van der Waals surface area contributed by atoms with E-state index in [2.05, 4.69) is 37.5 Å². The van der Waals surface area contributed by atoms with E-state index in [1.165, 1.54) is 12.7 Å². The van der Waals surface area contributed by atoms with Crippen LogP contribution in [0.2, 0.25) is 0 Å². The molecule has 26 heavy (non-hydrogen) atoms. The number of rotatable bonds is 4. The summed E-state index contributed by atoms with van der Waals surface area (Å²) in [5.74, 6) is 0.717. The molecule has 0 saturated heterocycles. The van der Waals surface area contributed by atoms with Crippen LogP contribution in [0.25, 0.3) is 0 Å². The Labute approximate surface area is 150 Å². The van der Waals surface area contributed by atoms with Crippen LogP contribution in [0, 0.1) is 0 Å². The minimum absolute atomic E-state index is 0.385. The van der Waals surface area contributed by atoms with Gasteiger partial charge >= 0.3 is 5.97 Å². The van der Waals surface area contributed by atoms with Gasteiger partial charge in [-0.1, -0.05) is 24.3 Å². The van der Waals surface area contributed by atoms with Crippen LogP contribution in [0.4, 0.5) is 23.1 Å². The Morgan fingerprint density at radius 2 is 2.08 bits per heavy atom. The summed E-state index contributed by atoms with van der Waals surface area (Å²) in [5, 5.41) is 11.4. The maximum Gasteiger partial charge on any atom is 0.337 e. The zero-order chi connectivity index (χ0) is 17.9. The maximum absolute atomic E-state index is 11.7. The monoisotopic (exact) mass is 347 g/mol. The van der Waals surface area contributed by atoms with Crippen LogP contribution in [-0.4, -0.2) is 34.8 Å². The summed E-state index contributed by atoms with van der Waals surface area (Å²) in [7, 11) is 1.36. The van der Waals surface area contributed by atoms with Gasteiger partial charge in [-0.25, -0.2) is 4.79 Å². The van der Waals surface area contributed by atoms with E-state index >= 15 is 0 Å². The molecule has 0 unspecified atom stereocenters. The summed E-state index contributed by atoms with van der Waals surface area (Å²) in [4.78, 5) is 18.3. The highest BCUT2D eigenvalue weighted by Crippen LogP contribution is 2.32. The molecule has 130 valence electrons. The Morgan fingerprint density at radius 1 is 1.19 bits per heavy atom. The van der Waals surface area contributed by atoms with E-state index in [-0.39, 0.29) is 5.97 Å². The molecule has 3 aromatic rings. The summed E-state index contributed by atoms with van der Waals surface area (Å²) in [5.41, 5.74) is 3.58. The molecule has 0 amide bonds. The molecule has 2 heterocycles. The van der Waals surface area contributed by atoms with Crippen LogP contribution in [0.1, 0.15) is 15.9 Å². The van der Waals surface area contributed by atoms with Gasteiger partial charge in [0.05, 0.1) is 18.9 Å². The minimum atomic E-state index is -0.385. The molecule has 4 rings (SSSR count). The maximum atomic E-state index is 11.7. The fraction of sp³-hybridized carbons (Fsp3) is 0.158. The van der Waals surface area contributed by atoms with Crippen molar-refractivity contribution < 1.29 is 9.53 Å². The van der Waals surface area contributed by atoms with E-state index in [9.17, 15) is 4.79 Å². The highest BCUT2D eigenvalue weighted by atomic mass is 16.5. The van der Waals surface area contributed by atoms with Crippen molar-refractivity contribution in [3.8, 4) is 0 Å². The number of aromatic nitrogens is 3. The zero-order valence-electron chi connectivity index (χ0n) is 14.2. The number of anilines is 4. The Kier molecular flexibility index (Phi) is 4.18. The standard InChI is InChI=1S/C19H17N5O2/c1-26-18(25)14-6-4-7-15(11-14)21-17-12-20-23-19(22-17)24-10-9-13-5-2-3-8-16(13)24/h2-8,11-12H,9-10H2,1H3,(H,21,22,23). The molecule has 0 saturated carbocycles. The number of nitrogens with zero attached hydrogens (tertiary/aromatic N) is 4. The molecule has 1 aliphatic rings. The number of hydrogen-bond donors (Lipinski definition) is 1. The lowest BCUT2D eigenvalue weighted by Crippen LogP contribution is -2.17. The second-order valence-corrected chi connectivity index (χ2v) is 5.87. The van der Waals surface area contributed by atoms with Crippen LogP contribution in [0.5, 0.6) is 0 Å². The van der Waals surface area contributed by atoms with Gasteiger partial charge in [0.15, 0.2) is 5.82 Å². The SMILES string of the molecule is COC(=O)c1cccc(Nc2cnnc(N3CCc4ccccc43)n2)c1. The number of para-hydroxylation sites is 1. The van der Waals surface area contributed by atoms with Gasteiger partial charge in [-0.3, -0.25) is 0 Å². The van der Waals surface area contributed by atoms with Crippen LogP contribution in [-0.2, 0) is 11.2 Å². The van der Waals surface area contributed by atoms with Crippen LogP contribution >= 0.6 is 0 Å². The molecule has 1 aromatic heterocycles. The van der Waals surface area contributed by atoms with Gasteiger partial charge in [0.1, 0.15) is 0 Å². The van der Waals surface area contributed by atoms with E-state index in [1.54, 1.807) is 24.4 Å².